The van der Waals surface area contributed by atoms with E-state index in [0.29, 0.717) is 43.8 Å². The monoisotopic (exact) mass is 591 g/mol. The van der Waals surface area contributed by atoms with Gasteiger partial charge in [0.2, 0.25) is 5.43 Å². The lowest BCUT2D eigenvalue weighted by Gasteiger charge is -2.46. The first kappa shape index (κ1) is 27.8. The number of pyridine rings is 2. The number of benzene rings is 1. The lowest BCUT2D eigenvalue weighted by Crippen LogP contribution is -2.51. The molecule has 2 bridgehead atoms. The van der Waals surface area contributed by atoms with Gasteiger partial charge in [-0.2, -0.15) is 0 Å². The van der Waals surface area contributed by atoms with Gasteiger partial charge in [-0.25, -0.2) is 18.6 Å². The molecule has 7 rings (SSSR count). The summed E-state index contributed by atoms with van der Waals surface area (Å²) in [7, 11) is 1.34. The van der Waals surface area contributed by atoms with Gasteiger partial charge in [-0.1, -0.05) is 0 Å². The molecule has 0 radical (unpaired) electrons. The van der Waals surface area contributed by atoms with Crippen molar-refractivity contribution in [1.82, 2.24) is 19.8 Å². The van der Waals surface area contributed by atoms with Crippen molar-refractivity contribution in [3.05, 3.63) is 63.9 Å². The van der Waals surface area contributed by atoms with E-state index in [-0.39, 0.29) is 22.3 Å². The Kier molecular flexibility index (Phi) is 6.66. The molecular weight excluding hydrogens is 556 g/mol. The van der Waals surface area contributed by atoms with E-state index in [1.165, 1.54) is 43.2 Å². The second-order valence-corrected chi connectivity index (χ2v) is 13.0. The number of carbonyl (C=O) groups is 2. The molecule has 1 N–H and O–H groups in total. The molecule has 5 unspecified atom stereocenters. The standard InChI is InChI=1S/C32H35F2N5O4/c1-32(15-18-11-19-13-20(16-32)23(19)12-18)36-30(41)24-17-39(26-5-3-21(33)14-25(26)34)29-22(28(24)40)4-6-27(35-29)37-7-9-38(10-8-37)31(42)43-2/h3-6,14,17-20,23H,7-13,15-16H2,1-2H3,(H,36,41). The maximum atomic E-state index is 15.2. The Morgan fingerprint density at radius 2 is 1.81 bits per heavy atom. The minimum absolute atomic E-state index is 0.0286. The van der Waals surface area contributed by atoms with Gasteiger partial charge in [0, 0.05) is 44.0 Å². The molecule has 3 heterocycles. The summed E-state index contributed by atoms with van der Waals surface area (Å²) in [6.07, 6.45) is 6.34. The summed E-state index contributed by atoms with van der Waals surface area (Å²) < 4.78 is 35.3. The molecule has 3 aliphatic carbocycles. The number of ether oxygens (including phenoxy) is 1. The van der Waals surface area contributed by atoms with Crippen molar-refractivity contribution in [1.29, 1.82) is 0 Å². The highest BCUT2D eigenvalue weighted by Crippen LogP contribution is 2.60. The smallest absolute Gasteiger partial charge is 0.409 e. The highest BCUT2D eigenvalue weighted by Gasteiger charge is 2.53. The van der Waals surface area contributed by atoms with Crippen LogP contribution >= 0.6 is 0 Å². The molecule has 43 heavy (non-hydrogen) atoms. The lowest BCUT2D eigenvalue weighted by molar-refractivity contribution is 0.0570. The van der Waals surface area contributed by atoms with Gasteiger partial charge in [0.25, 0.3) is 5.91 Å². The molecular formula is C32H35F2N5O4. The molecule has 4 fully saturated rings. The zero-order valence-electron chi connectivity index (χ0n) is 24.3. The fourth-order valence-electron chi connectivity index (χ4n) is 8.28. The van der Waals surface area contributed by atoms with Crippen LogP contribution in [0.1, 0.15) is 49.4 Å². The Bertz CT molecular complexity index is 1680. The minimum Gasteiger partial charge on any atom is -0.453 e. The number of hydrogen-bond acceptors (Lipinski definition) is 6. The van der Waals surface area contributed by atoms with Crippen molar-refractivity contribution in [3.63, 3.8) is 0 Å². The number of piperazine rings is 1. The van der Waals surface area contributed by atoms with Crippen molar-refractivity contribution in [2.75, 3.05) is 38.2 Å². The minimum atomic E-state index is -0.846. The van der Waals surface area contributed by atoms with Crippen LogP contribution in [0.4, 0.5) is 19.4 Å². The predicted molar refractivity (Wildman–Crippen MR) is 156 cm³/mol. The van der Waals surface area contributed by atoms with Crippen LogP contribution in [-0.2, 0) is 4.74 Å². The number of hydrogen-bond donors (Lipinski definition) is 1. The molecule has 11 heteroatoms. The van der Waals surface area contributed by atoms with Gasteiger partial charge >= 0.3 is 6.09 Å². The Balaban J connectivity index is 1.26. The normalized spacial score (nSPS) is 27.9. The number of aromatic nitrogens is 2. The number of nitrogens with one attached hydrogen (secondary N) is 1. The van der Waals surface area contributed by atoms with Crippen molar-refractivity contribution in [2.24, 2.45) is 23.7 Å². The molecule has 2 aromatic heterocycles. The van der Waals surface area contributed by atoms with E-state index >= 15 is 4.39 Å². The van der Waals surface area contributed by atoms with Gasteiger partial charge in [0.05, 0.1) is 18.2 Å². The summed E-state index contributed by atoms with van der Waals surface area (Å²) in [6, 6.07) is 6.47. The topological polar surface area (TPSA) is 96.8 Å². The highest BCUT2D eigenvalue weighted by atomic mass is 19.1. The SMILES string of the molecule is COC(=O)N1CCN(c2ccc3c(=O)c(C(=O)NC4(C)CC5CC6CC(C4)C6C5)cn(-c4ccc(F)cc4F)c3n2)CC1. The predicted octanol–water partition coefficient (Wildman–Crippen LogP) is 4.50. The molecule has 1 aliphatic heterocycles. The average molecular weight is 592 g/mol. The molecule has 4 aliphatic rings. The van der Waals surface area contributed by atoms with Crippen LogP contribution < -0.4 is 15.6 Å². The largest absolute Gasteiger partial charge is 0.453 e. The molecule has 1 saturated heterocycles. The van der Waals surface area contributed by atoms with Gasteiger partial charge in [-0.15, -0.1) is 0 Å². The van der Waals surface area contributed by atoms with Crippen molar-refractivity contribution >= 4 is 28.9 Å². The van der Waals surface area contributed by atoms with Gasteiger partial charge in [-0.05, 0) is 87.0 Å². The maximum absolute atomic E-state index is 15.2. The number of nitrogens with zero attached hydrogens (tertiary/aromatic N) is 4. The van der Waals surface area contributed by atoms with Crippen LogP contribution in [0.3, 0.4) is 0 Å². The fraction of sp³-hybridized carbons (Fsp3) is 0.500. The van der Waals surface area contributed by atoms with Gasteiger partial charge in [-0.3, -0.25) is 14.2 Å². The Labute approximate surface area is 247 Å². The summed E-state index contributed by atoms with van der Waals surface area (Å²) >= 11 is 0. The first-order valence-electron chi connectivity index (χ1n) is 15.0. The number of methoxy groups -OCH3 is 1. The number of rotatable bonds is 4. The van der Waals surface area contributed by atoms with Gasteiger partial charge in [0.15, 0.2) is 5.65 Å². The van der Waals surface area contributed by atoms with E-state index < -0.39 is 34.6 Å². The third-order valence-electron chi connectivity index (χ3n) is 10.2. The van der Waals surface area contributed by atoms with E-state index in [1.54, 1.807) is 17.0 Å². The highest BCUT2D eigenvalue weighted by molar-refractivity contribution is 5.97. The van der Waals surface area contributed by atoms with E-state index in [4.69, 9.17) is 9.72 Å². The van der Waals surface area contributed by atoms with Crippen LogP contribution in [0, 0.1) is 35.3 Å². The molecule has 2 amide bonds. The molecule has 9 nitrogen and oxygen atoms in total. The summed E-state index contributed by atoms with van der Waals surface area (Å²) in [6.45, 7) is 3.88. The van der Waals surface area contributed by atoms with Crippen molar-refractivity contribution in [2.45, 2.75) is 44.6 Å². The molecule has 1 aromatic carbocycles. The fourth-order valence-corrected chi connectivity index (χ4v) is 8.28. The molecule has 3 aromatic rings. The Morgan fingerprint density at radius 3 is 2.56 bits per heavy atom. The van der Waals surface area contributed by atoms with E-state index in [1.807, 2.05) is 4.90 Å². The van der Waals surface area contributed by atoms with Crippen LogP contribution in [0.25, 0.3) is 16.7 Å². The Hall–Kier alpha value is -4.02. The summed E-state index contributed by atoms with van der Waals surface area (Å²) in [4.78, 5) is 47.8. The lowest BCUT2D eigenvalue weighted by atomic mass is 9.62. The second-order valence-electron chi connectivity index (χ2n) is 13.0. The van der Waals surface area contributed by atoms with E-state index in [2.05, 4.69) is 12.2 Å². The Morgan fingerprint density at radius 1 is 1.02 bits per heavy atom. The zero-order valence-corrected chi connectivity index (χ0v) is 24.3. The van der Waals surface area contributed by atoms with Gasteiger partial charge in [0.1, 0.15) is 23.0 Å². The van der Waals surface area contributed by atoms with Crippen LogP contribution in [0.2, 0.25) is 0 Å². The number of anilines is 1. The third kappa shape index (κ3) is 4.82. The van der Waals surface area contributed by atoms with Crippen molar-refractivity contribution < 1.29 is 23.1 Å². The first-order valence-corrected chi connectivity index (χ1v) is 15.0. The summed E-state index contributed by atoms with van der Waals surface area (Å²) in [5.74, 6) is 1.21. The molecule has 5 atom stereocenters. The van der Waals surface area contributed by atoms with Crippen LogP contribution in [0.5, 0.6) is 0 Å². The number of amides is 2. The quantitative estimate of drug-likeness (QED) is 0.480. The molecule has 0 spiro atoms. The van der Waals surface area contributed by atoms with Gasteiger partial charge < -0.3 is 19.9 Å². The van der Waals surface area contributed by atoms with E-state index in [9.17, 15) is 18.8 Å². The number of carbonyl (C=O) groups excluding carboxylic acids is 2. The third-order valence-corrected chi connectivity index (χ3v) is 10.2. The zero-order chi connectivity index (χ0) is 30.0. The van der Waals surface area contributed by atoms with Crippen LogP contribution in [0.15, 0.2) is 41.3 Å². The molecule has 3 saturated carbocycles. The number of halogens is 2. The average Bonchev–Trinajstić information content (AvgIpc) is 3.24. The van der Waals surface area contributed by atoms with E-state index in [0.717, 1.165) is 36.8 Å². The number of fused-ring (bicyclic) bond motifs is 2. The van der Waals surface area contributed by atoms with Crippen LogP contribution in [-0.4, -0.2) is 65.3 Å². The molecule has 226 valence electrons. The first-order chi connectivity index (χ1) is 20.6. The summed E-state index contributed by atoms with van der Waals surface area (Å²) in [5, 5.41) is 3.36. The summed E-state index contributed by atoms with van der Waals surface area (Å²) in [5.41, 5.74) is -0.922. The maximum Gasteiger partial charge on any atom is 0.409 e. The van der Waals surface area contributed by atoms with Crippen molar-refractivity contribution in [3.8, 4) is 5.69 Å². The second kappa shape index (κ2) is 10.3.